The van der Waals surface area contributed by atoms with E-state index >= 15 is 0 Å². The van der Waals surface area contributed by atoms with Gasteiger partial charge in [0.2, 0.25) is 0 Å². The first-order valence-electron chi connectivity index (χ1n) is 1.61. The summed E-state index contributed by atoms with van der Waals surface area (Å²) in [6.45, 7) is 3.00. The zero-order valence-electron chi connectivity index (χ0n) is 3.90. The number of hydrogen-bond donors (Lipinski definition) is 1. The number of carboxylic acid groups (broad SMARTS) is 1. The third kappa shape index (κ3) is 1.79. The predicted molar refractivity (Wildman–Crippen MR) is 22.6 cm³/mol. The van der Waals surface area contributed by atoms with Crippen LogP contribution in [0.25, 0.3) is 1.43 Å². The largest absolute Gasteiger partial charge is 0.477 e. The second kappa shape index (κ2) is 1.82. The maximum absolute atomic E-state index is 9.87. The van der Waals surface area contributed by atoms with E-state index in [9.17, 15) is 4.79 Å². The quantitative estimate of drug-likeness (QED) is 0.504. The Morgan fingerprint density at radius 1 is 2.17 bits per heavy atom. The third-order valence-electron chi connectivity index (χ3n) is 0.221. The molecule has 0 amide bonds. The van der Waals surface area contributed by atoms with Gasteiger partial charge in [-0.15, -0.1) is 0 Å². The first kappa shape index (κ1) is 3.68. The molecule has 6 heavy (non-hydrogen) atoms. The molecule has 0 rings (SSSR count). The van der Waals surface area contributed by atoms with E-state index in [2.05, 4.69) is 11.7 Å². The number of carbonyl (C=O) groups is 1. The van der Waals surface area contributed by atoms with Crippen molar-refractivity contribution < 1.29 is 9.90 Å². The lowest BCUT2D eigenvalue weighted by molar-refractivity contribution is -0.131. The second-order valence-electron chi connectivity index (χ2n) is 0.692. The normalized spacial score (nSPS) is 9.17. The van der Waals surface area contributed by atoms with Gasteiger partial charge in [-0.1, -0.05) is 18.2 Å². The summed E-state index contributed by atoms with van der Waals surface area (Å²) in [5.74, 6) is -0.915. The highest BCUT2D eigenvalue weighted by Crippen LogP contribution is 1.92. The lowest BCUT2D eigenvalue weighted by Gasteiger charge is -1.76. The number of aliphatic carboxylic acids is 1. The molecule has 0 saturated carbocycles. The zero-order valence-corrected chi connectivity index (χ0v) is 3.66. The van der Waals surface area contributed by atoms with Crippen LogP contribution in [0, 0.1) is 0 Å². The average Bonchev–Trinajstić information content (AvgIpc) is 1.65. The van der Waals surface area contributed by atoms with Crippen molar-refractivity contribution in [2.75, 3.05) is 0 Å². The topological polar surface area (TPSA) is 37.3 Å². The highest BCUT2D eigenvalue weighted by molar-refractivity contribution is 6.40. The molecule has 0 heterocycles. The molecule has 0 unspecified atom stereocenters. The molecule has 0 aromatic rings. The van der Waals surface area contributed by atoms with Gasteiger partial charge in [0.1, 0.15) is 5.03 Å². The molecule has 34 valence electrons. The molecule has 0 atom stereocenters. The summed E-state index contributed by atoms with van der Waals surface area (Å²) >= 11 is 4.94. The van der Waals surface area contributed by atoms with Crippen molar-refractivity contribution in [3.05, 3.63) is 11.6 Å². The Balaban J connectivity index is 3.58. The van der Waals surface area contributed by atoms with Crippen molar-refractivity contribution in [3.63, 3.8) is 0 Å². The van der Waals surface area contributed by atoms with Gasteiger partial charge in [-0.05, 0) is 0 Å². The van der Waals surface area contributed by atoms with E-state index < -0.39 is 5.97 Å². The summed E-state index contributed by atoms with van der Waals surface area (Å²) in [7, 11) is 0. The summed E-state index contributed by atoms with van der Waals surface area (Å²) < 4.78 is 5.94. The first-order chi connectivity index (χ1) is 3.18. The summed E-state index contributed by atoms with van der Waals surface area (Å²) in [5, 5.41) is 3.11. The summed E-state index contributed by atoms with van der Waals surface area (Å²) in [6.07, 6.45) is 0. The molecule has 0 aliphatic carbocycles. The molecule has 3 heteroatoms. The fourth-order valence-corrected chi connectivity index (χ4v) is 0. The van der Waals surface area contributed by atoms with Crippen LogP contribution < -0.4 is 0 Å². The molecule has 0 radical (unpaired) electrons. The minimum Gasteiger partial charge on any atom is -0.477 e. The van der Waals surface area contributed by atoms with Crippen LogP contribution in [0.2, 0.25) is 0 Å². The van der Waals surface area contributed by atoms with E-state index in [1.807, 2.05) is 0 Å². The van der Waals surface area contributed by atoms with Gasteiger partial charge >= 0.3 is 5.97 Å². The first-order valence-corrected chi connectivity index (χ1v) is 1.58. The van der Waals surface area contributed by atoms with Crippen LogP contribution in [-0.4, -0.2) is 11.1 Å². The summed E-state index contributed by atoms with van der Waals surface area (Å²) in [6, 6.07) is 0. The Labute approximate surface area is 41.5 Å². The molecule has 0 spiro atoms. The smallest absolute Gasteiger partial charge is 0.346 e. The molecule has 2 nitrogen and oxygen atoms in total. The molecule has 0 saturated heterocycles. The lowest BCUT2D eigenvalue weighted by Crippen LogP contribution is -1.89. The SMILES string of the molecule is [2H]OC(=O)C(=C)Cl. The van der Waals surface area contributed by atoms with Crippen molar-refractivity contribution >= 4 is 17.6 Å². The molecule has 0 aliphatic heterocycles. The fraction of sp³-hybridized carbons (Fsp3) is 0. The Bertz CT molecular complexity index is 101. The molecule has 1 N–H and O–H groups in total. The van der Waals surface area contributed by atoms with Crippen molar-refractivity contribution in [2.24, 2.45) is 0 Å². The van der Waals surface area contributed by atoms with E-state index in [0.717, 1.165) is 0 Å². The van der Waals surface area contributed by atoms with E-state index in [1.165, 1.54) is 0 Å². The Hall–Kier alpha value is -0.500. The fourth-order valence-electron chi connectivity index (χ4n) is 0. The van der Waals surface area contributed by atoms with Gasteiger partial charge in [0, 0.05) is 0 Å². The van der Waals surface area contributed by atoms with Crippen LogP contribution in [0.15, 0.2) is 11.6 Å². The average molecular weight is 108 g/mol. The molecule has 0 bridgehead atoms. The van der Waals surface area contributed by atoms with Crippen molar-refractivity contribution in [1.29, 1.82) is 1.43 Å². The molecule has 0 aromatic carbocycles. The number of halogens is 1. The maximum atomic E-state index is 9.87. The highest BCUT2D eigenvalue weighted by atomic mass is 35.5. The summed E-state index contributed by atoms with van der Waals surface area (Å²) in [5.41, 5.74) is 0. The van der Waals surface area contributed by atoms with Crippen LogP contribution in [0.3, 0.4) is 0 Å². The lowest BCUT2D eigenvalue weighted by atomic mass is 10.7. The minimum atomic E-state index is -0.915. The van der Waals surface area contributed by atoms with Gasteiger partial charge in [-0.3, -0.25) is 0 Å². The molecular weight excluding hydrogens is 103 g/mol. The Morgan fingerprint density at radius 3 is 2.67 bits per heavy atom. The van der Waals surface area contributed by atoms with Crippen LogP contribution in [0.5, 0.6) is 0 Å². The van der Waals surface area contributed by atoms with Crippen LogP contribution >= 0.6 is 11.6 Å². The second-order valence-corrected chi connectivity index (χ2v) is 1.15. The van der Waals surface area contributed by atoms with Gasteiger partial charge in [0.15, 0.2) is 0 Å². The van der Waals surface area contributed by atoms with Crippen LogP contribution in [0.1, 0.15) is 0 Å². The highest BCUT2D eigenvalue weighted by Gasteiger charge is 1.93. The van der Waals surface area contributed by atoms with Gasteiger partial charge in [0.25, 0.3) is 1.43 Å². The molecular formula is C3H3ClO2. The minimum absolute atomic E-state index is 0.282. The van der Waals surface area contributed by atoms with Crippen molar-refractivity contribution in [3.8, 4) is 0 Å². The van der Waals surface area contributed by atoms with Crippen molar-refractivity contribution in [1.82, 2.24) is 0 Å². The Kier molecular flexibility index (Phi) is 1.12. The predicted octanol–water partition coefficient (Wildman–Crippen LogP) is 0.824. The van der Waals surface area contributed by atoms with Gasteiger partial charge in [0.05, 0.1) is 0 Å². The number of hydrogen-bond acceptors (Lipinski definition) is 2. The van der Waals surface area contributed by atoms with E-state index in [4.69, 9.17) is 13.0 Å². The number of rotatable bonds is 1. The monoisotopic (exact) mass is 107 g/mol. The molecule has 0 aliphatic rings. The van der Waals surface area contributed by atoms with Crippen LogP contribution in [-0.2, 0) is 4.79 Å². The number of carboxylic acids is 1. The van der Waals surface area contributed by atoms with Gasteiger partial charge in [-0.2, -0.15) is 0 Å². The van der Waals surface area contributed by atoms with E-state index in [0.29, 0.717) is 0 Å². The maximum Gasteiger partial charge on any atom is 0.346 e. The standard InChI is InChI=1S/C3H3ClO2/c1-2(4)3(5)6/h1H2,(H,5,6)/i/hD. The Morgan fingerprint density at radius 2 is 2.67 bits per heavy atom. The molecule has 0 fully saturated rings. The summed E-state index contributed by atoms with van der Waals surface area (Å²) in [4.78, 5) is 9.87. The van der Waals surface area contributed by atoms with E-state index in [1.54, 1.807) is 0 Å². The van der Waals surface area contributed by atoms with Crippen molar-refractivity contribution in [2.45, 2.75) is 0 Å². The molecule has 0 aromatic heterocycles. The third-order valence-corrected chi connectivity index (χ3v) is 0.376. The van der Waals surface area contributed by atoms with Gasteiger partial charge < -0.3 is 5.11 Å². The zero-order chi connectivity index (χ0) is 5.86. The van der Waals surface area contributed by atoms with Gasteiger partial charge in [-0.25, -0.2) is 4.79 Å². The van der Waals surface area contributed by atoms with E-state index in [-0.39, 0.29) is 5.03 Å². The van der Waals surface area contributed by atoms with Crippen LogP contribution in [0.4, 0.5) is 0 Å².